The molecular weight excluding hydrogens is 266 g/mol. The van der Waals surface area contributed by atoms with Crippen molar-refractivity contribution in [3.05, 3.63) is 60.7 Å². The van der Waals surface area contributed by atoms with Crippen molar-refractivity contribution in [2.24, 2.45) is 0 Å². The van der Waals surface area contributed by atoms with Crippen LogP contribution in [0.2, 0.25) is 0 Å². The fourth-order valence-corrected chi connectivity index (χ4v) is 2.17. The largest absolute Gasteiger partial charge is 0.467 e. The number of benzene rings is 2. The number of hydrogen-bond acceptors (Lipinski definition) is 3. The second-order valence-electron chi connectivity index (χ2n) is 4.67. The van der Waals surface area contributed by atoms with Crippen molar-refractivity contribution in [1.29, 1.82) is 0 Å². The molecule has 4 nitrogen and oxygen atoms in total. The minimum atomic E-state index is -0.721. The summed E-state index contributed by atoms with van der Waals surface area (Å²) in [6.45, 7) is 3.38. The van der Waals surface area contributed by atoms with E-state index in [1.807, 2.05) is 42.5 Å². The molecule has 4 heteroatoms. The van der Waals surface area contributed by atoms with Gasteiger partial charge in [-0.05, 0) is 22.4 Å². The molecule has 0 aromatic heterocycles. The molecule has 1 amide bonds. The Kier molecular flexibility index (Phi) is 4.72. The van der Waals surface area contributed by atoms with Gasteiger partial charge in [0.05, 0.1) is 7.11 Å². The van der Waals surface area contributed by atoms with E-state index in [0.717, 1.165) is 22.4 Å². The molecule has 0 bridgehead atoms. The Balaban J connectivity index is 2.22. The Morgan fingerprint density at radius 1 is 1.24 bits per heavy atom. The topological polar surface area (TPSA) is 55.4 Å². The van der Waals surface area contributed by atoms with Crippen LogP contribution < -0.4 is 5.32 Å². The SMILES string of the molecule is C=CC(=O)N[C@@H](Cc1ccc2ccccc2c1)C(=O)OC. The lowest BCUT2D eigenvalue weighted by Gasteiger charge is -2.15. The molecule has 0 saturated heterocycles. The van der Waals surface area contributed by atoms with Gasteiger partial charge in [-0.25, -0.2) is 4.79 Å². The molecule has 1 atom stereocenters. The Labute approximate surface area is 123 Å². The van der Waals surface area contributed by atoms with E-state index in [4.69, 9.17) is 4.74 Å². The van der Waals surface area contributed by atoms with E-state index in [1.54, 1.807) is 0 Å². The molecule has 0 radical (unpaired) electrons. The summed E-state index contributed by atoms with van der Waals surface area (Å²) in [4.78, 5) is 23.2. The molecule has 1 N–H and O–H groups in total. The predicted octanol–water partition coefficient (Wildman–Crippen LogP) is 2.23. The molecular formula is C17H17NO3. The lowest BCUT2D eigenvalue weighted by molar-refractivity contribution is -0.144. The van der Waals surface area contributed by atoms with Crippen molar-refractivity contribution in [3.63, 3.8) is 0 Å². The van der Waals surface area contributed by atoms with Crippen LogP contribution in [0.4, 0.5) is 0 Å². The van der Waals surface area contributed by atoms with E-state index in [2.05, 4.69) is 11.9 Å². The lowest BCUT2D eigenvalue weighted by Crippen LogP contribution is -2.42. The molecule has 0 aliphatic heterocycles. The molecule has 0 aliphatic rings. The fraction of sp³-hybridized carbons (Fsp3) is 0.176. The predicted molar refractivity (Wildman–Crippen MR) is 81.8 cm³/mol. The zero-order valence-corrected chi connectivity index (χ0v) is 11.8. The van der Waals surface area contributed by atoms with Crippen LogP contribution in [0.3, 0.4) is 0 Å². The van der Waals surface area contributed by atoms with Crippen molar-refractivity contribution in [2.75, 3.05) is 7.11 Å². The standard InChI is InChI=1S/C17H17NO3/c1-3-16(19)18-15(17(20)21-2)11-12-8-9-13-6-4-5-7-14(13)10-12/h3-10,15H,1,11H2,2H3,(H,18,19)/t15-/m0/s1. The number of amides is 1. The van der Waals surface area contributed by atoms with Gasteiger partial charge in [0, 0.05) is 6.42 Å². The molecule has 108 valence electrons. The maximum atomic E-state index is 11.8. The van der Waals surface area contributed by atoms with Crippen LogP contribution in [0.15, 0.2) is 55.1 Å². The maximum absolute atomic E-state index is 11.8. The normalized spacial score (nSPS) is 11.7. The molecule has 0 saturated carbocycles. The number of rotatable bonds is 5. The number of fused-ring (bicyclic) bond motifs is 1. The zero-order valence-electron chi connectivity index (χ0n) is 11.8. The Morgan fingerprint density at radius 2 is 1.95 bits per heavy atom. The van der Waals surface area contributed by atoms with Gasteiger partial charge in [0.1, 0.15) is 6.04 Å². The summed E-state index contributed by atoms with van der Waals surface area (Å²) < 4.78 is 4.73. The van der Waals surface area contributed by atoms with Crippen molar-refractivity contribution >= 4 is 22.6 Å². The molecule has 0 fully saturated rings. The lowest BCUT2D eigenvalue weighted by atomic mass is 10.0. The van der Waals surface area contributed by atoms with Crippen LogP contribution in [-0.2, 0) is 20.7 Å². The van der Waals surface area contributed by atoms with Gasteiger partial charge >= 0.3 is 5.97 Å². The van der Waals surface area contributed by atoms with E-state index in [0.29, 0.717) is 6.42 Å². The summed E-state index contributed by atoms with van der Waals surface area (Å²) in [5.41, 5.74) is 0.952. The summed E-state index contributed by atoms with van der Waals surface area (Å²) in [5, 5.41) is 4.80. The average Bonchev–Trinajstić information content (AvgIpc) is 2.53. The quantitative estimate of drug-likeness (QED) is 0.676. The number of carbonyl (C=O) groups is 2. The van der Waals surface area contributed by atoms with E-state index < -0.39 is 17.9 Å². The van der Waals surface area contributed by atoms with Crippen LogP contribution in [0, 0.1) is 0 Å². The molecule has 0 heterocycles. The first-order chi connectivity index (χ1) is 10.1. The monoisotopic (exact) mass is 283 g/mol. The van der Waals surface area contributed by atoms with E-state index in [-0.39, 0.29) is 0 Å². The van der Waals surface area contributed by atoms with Crippen molar-refractivity contribution < 1.29 is 14.3 Å². The third kappa shape index (κ3) is 3.69. The fourth-order valence-electron chi connectivity index (χ4n) is 2.17. The van der Waals surface area contributed by atoms with Gasteiger partial charge in [-0.1, -0.05) is 49.0 Å². The van der Waals surface area contributed by atoms with E-state index >= 15 is 0 Å². The van der Waals surface area contributed by atoms with Gasteiger partial charge in [0.2, 0.25) is 5.91 Å². The summed E-state index contributed by atoms with van der Waals surface area (Å²) in [7, 11) is 1.30. The maximum Gasteiger partial charge on any atom is 0.328 e. The van der Waals surface area contributed by atoms with E-state index in [1.165, 1.54) is 7.11 Å². The van der Waals surface area contributed by atoms with Crippen LogP contribution in [0.25, 0.3) is 10.8 Å². The third-order valence-electron chi connectivity index (χ3n) is 3.24. The van der Waals surface area contributed by atoms with Crippen molar-refractivity contribution in [1.82, 2.24) is 5.32 Å². The van der Waals surface area contributed by atoms with Crippen molar-refractivity contribution in [2.45, 2.75) is 12.5 Å². The van der Waals surface area contributed by atoms with Gasteiger partial charge in [-0.2, -0.15) is 0 Å². The van der Waals surface area contributed by atoms with E-state index in [9.17, 15) is 9.59 Å². The average molecular weight is 283 g/mol. The van der Waals surface area contributed by atoms with Gasteiger partial charge in [-0.15, -0.1) is 0 Å². The summed E-state index contributed by atoms with van der Waals surface area (Å²) >= 11 is 0. The number of carbonyl (C=O) groups excluding carboxylic acids is 2. The highest BCUT2D eigenvalue weighted by Gasteiger charge is 2.21. The first-order valence-electron chi connectivity index (χ1n) is 6.62. The number of nitrogens with one attached hydrogen (secondary N) is 1. The molecule has 21 heavy (non-hydrogen) atoms. The minimum absolute atomic E-state index is 0.372. The molecule has 0 aliphatic carbocycles. The van der Waals surface area contributed by atoms with Gasteiger partial charge in [-0.3, -0.25) is 4.79 Å². The van der Waals surface area contributed by atoms with Gasteiger partial charge in [0.25, 0.3) is 0 Å². The molecule has 2 aromatic rings. The Hall–Kier alpha value is -2.62. The molecule has 2 rings (SSSR count). The number of hydrogen-bond donors (Lipinski definition) is 1. The minimum Gasteiger partial charge on any atom is -0.467 e. The smallest absolute Gasteiger partial charge is 0.328 e. The number of methoxy groups -OCH3 is 1. The second kappa shape index (κ2) is 6.70. The second-order valence-corrected chi connectivity index (χ2v) is 4.67. The van der Waals surface area contributed by atoms with Gasteiger partial charge in [0.15, 0.2) is 0 Å². The van der Waals surface area contributed by atoms with Crippen molar-refractivity contribution in [3.8, 4) is 0 Å². The zero-order chi connectivity index (χ0) is 15.2. The van der Waals surface area contributed by atoms with Crippen LogP contribution in [0.5, 0.6) is 0 Å². The Bertz CT molecular complexity index is 679. The molecule has 0 spiro atoms. The van der Waals surface area contributed by atoms with Gasteiger partial charge < -0.3 is 10.1 Å². The first-order valence-corrected chi connectivity index (χ1v) is 6.62. The third-order valence-corrected chi connectivity index (χ3v) is 3.24. The summed E-state index contributed by atoms with van der Waals surface area (Å²) in [5.74, 6) is -0.871. The highest BCUT2D eigenvalue weighted by Crippen LogP contribution is 2.17. The highest BCUT2D eigenvalue weighted by atomic mass is 16.5. The van der Waals surface area contributed by atoms with Crippen LogP contribution >= 0.6 is 0 Å². The first kappa shape index (κ1) is 14.8. The molecule has 0 unspecified atom stereocenters. The highest BCUT2D eigenvalue weighted by molar-refractivity contribution is 5.91. The number of ether oxygens (including phenoxy) is 1. The molecule has 2 aromatic carbocycles. The Morgan fingerprint density at radius 3 is 2.62 bits per heavy atom. The van der Waals surface area contributed by atoms with Crippen LogP contribution in [0.1, 0.15) is 5.56 Å². The van der Waals surface area contributed by atoms with Crippen LogP contribution in [-0.4, -0.2) is 25.0 Å². The summed E-state index contributed by atoms with van der Waals surface area (Å²) in [6.07, 6.45) is 1.51. The number of esters is 1. The summed E-state index contributed by atoms with van der Waals surface area (Å²) in [6, 6.07) is 13.2.